The molecule has 1 spiro atoms. The third kappa shape index (κ3) is 5.12. The molecule has 4 nitrogen and oxygen atoms in total. The van der Waals surface area contributed by atoms with Crippen LogP contribution in [0.4, 0.5) is 0 Å². The number of nitrogens with zero attached hydrogens (tertiary/aromatic N) is 3. The van der Waals surface area contributed by atoms with Gasteiger partial charge in [0, 0.05) is 53.4 Å². The van der Waals surface area contributed by atoms with Crippen LogP contribution in [-0.2, 0) is 10.8 Å². The zero-order valence-electron chi connectivity index (χ0n) is 33.1. The number of aromatic nitrogens is 3. The number of para-hydroxylation sites is 1. The Hall–Kier alpha value is -7.21. The van der Waals surface area contributed by atoms with Gasteiger partial charge >= 0.3 is 0 Å². The number of hydrogen-bond acceptors (Lipinski definition) is 5. The summed E-state index contributed by atoms with van der Waals surface area (Å²) in [7, 11) is 0. The lowest BCUT2D eigenvalue weighted by atomic mass is 9.53. The van der Waals surface area contributed by atoms with Crippen molar-refractivity contribution in [2.45, 2.75) is 24.7 Å². The summed E-state index contributed by atoms with van der Waals surface area (Å²) in [6.07, 6.45) is 0. The van der Waals surface area contributed by atoms with Crippen LogP contribution in [-0.4, -0.2) is 15.0 Å². The highest BCUT2D eigenvalue weighted by atomic mass is 32.1. The van der Waals surface area contributed by atoms with Gasteiger partial charge in [-0.3, -0.25) is 0 Å². The largest absolute Gasteiger partial charge is 0.457 e. The second kappa shape index (κ2) is 13.2. The molecule has 0 saturated carbocycles. The standard InChI is InChI=1S/C55H37N3OS/c1-54(2)41-17-7-9-19-43(41)55(44-20-10-8-18-42(44)54)45-21-11-12-22-47(45)59-48-31-29-37(32-46(48)55)34-24-26-36(27-25-34)52-56-51(35-14-4-3-5-15-35)57-53(58-52)38-28-30-40-39-16-6-13-23-49(39)60-50(40)33-38/h3-33H,1-2H3. The number of benzene rings is 8. The zero-order chi connectivity index (χ0) is 40.0. The van der Waals surface area contributed by atoms with E-state index in [-0.39, 0.29) is 5.41 Å². The van der Waals surface area contributed by atoms with Gasteiger partial charge in [0.15, 0.2) is 17.5 Å². The summed E-state index contributed by atoms with van der Waals surface area (Å²) < 4.78 is 9.25. The summed E-state index contributed by atoms with van der Waals surface area (Å²) in [5, 5.41) is 2.52. The fourth-order valence-corrected chi connectivity index (χ4v) is 11.0. The van der Waals surface area contributed by atoms with Gasteiger partial charge in [-0.15, -0.1) is 11.3 Å². The first-order valence-electron chi connectivity index (χ1n) is 20.4. The van der Waals surface area contributed by atoms with Gasteiger partial charge in [-0.1, -0.05) is 172 Å². The third-order valence-corrected chi connectivity index (χ3v) is 13.8. The molecule has 0 radical (unpaired) electrons. The van der Waals surface area contributed by atoms with Crippen LogP contribution in [0, 0.1) is 0 Å². The molecule has 2 aromatic heterocycles. The molecule has 0 bridgehead atoms. The second-order valence-corrected chi connectivity index (χ2v) is 17.4. The Labute approximate surface area is 352 Å². The molecule has 60 heavy (non-hydrogen) atoms. The minimum absolute atomic E-state index is 0.181. The number of ether oxygens (including phenoxy) is 1. The molecule has 8 aromatic carbocycles. The van der Waals surface area contributed by atoms with Gasteiger partial charge in [0.2, 0.25) is 0 Å². The molecule has 0 unspecified atom stereocenters. The average Bonchev–Trinajstić information content (AvgIpc) is 3.69. The predicted molar refractivity (Wildman–Crippen MR) is 245 cm³/mol. The number of rotatable bonds is 4. The molecule has 1 aliphatic carbocycles. The fourth-order valence-electron chi connectivity index (χ4n) is 9.83. The van der Waals surface area contributed by atoms with E-state index in [2.05, 4.69) is 184 Å². The molecule has 284 valence electrons. The van der Waals surface area contributed by atoms with Gasteiger partial charge in [0.1, 0.15) is 11.5 Å². The van der Waals surface area contributed by atoms with Crippen molar-refractivity contribution in [2.75, 3.05) is 0 Å². The molecule has 1 aliphatic heterocycles. The fraction of sp³-hybridized carbons (Fsp3) is 0.0727. The Morgan fingerprint density at radius 2 is 0.867 bits per heavy atom. The molecular weight excluding hydrogens is 751 g/mol. The van der Waals surface area contributed by atoms with E-state index in [9.17, 15) is 0 Å². The van der Waals surface area contributed by atoms with Crippen molar-refractivity contribution in [1.82, 2.24) is 15.0 Å². The molecule has 0 amide bonds. The maximum Gasteiger partial charge on any atom is 0.164 e. The van der Waals surface area contributed by atoms with E-state index in [1.165, 1.54) is 42.4 Å². The van der Waals surface area contributed by atoms with E-state index >= 15 is 0 Å². The predicted octanol–water partition coefficient (Wildman–Crippen LogP) is 14.0. The highest BCUT2D eigenvalue weighted by Gasteiger charge is 2.52. The van der Waals surface area contributed by atoms with E-state index < -0.39 is 5.41 Å². The van der Waals surface area contributed by atoms with Crippen LogP contribution in [0.3, 0.4) is 0 Å². The Bertz CT molecular complexity index is 3280. The van der Waals surface area contributed by atoms with Crippen LogP contribution in [0.2, 0.25) is 0 Å². The van der Waals surface area contributed by atoms with Crippen molar-refractivity contribution in [3.05, 3.63) is 221 Å². The molecule has 0 fully saturated rings. The lowest BCUT2D eigenvalue weighted by Gasteiger charge is -2.50. The number of thiophene rings is 1. The molecule has 2 aliphatic rings. The second-order valence-electron chi connectivity index (χ2n) is 16.3. The van der Waals surface area contributed by atoms with Crippen molar-refractivity contribution in [1.29, 1.82) is 0 Å². The molecule has 5 heteroatoms. The summed E-state index contributed by atoms with van der Waals surface area (Å²) in [5.74, 6) is 3.70. The van der Waals surface area contributed by atoms with Crippen LogP contribution in [0.25, 0.3) is 65.5 Å². The first kappa shape index (κ1) is 34.8. The van der Waals surface area contributed by atoms with E-state index in [0.29, 0.717) is 17.5 Å². The maximum absolute atomic E-state index is 6.77. The van der Waals surface area contributed by atoms with Crippen LogP contribution < -0.4 is 4.74 Å². The summed E-state index contributed by atoms with van der Waals surface area (Å²) >= 11 is 1.80. The molecule has 3 heterocycles. The Morgan fingerprint density at radius 3 is 1.58 bits per heavy atom. The Balaban J connectivity index is 0.989. The van der Waals surface area contributed by atoms with Gasteiger partial charge in [-0.25, -0.2) is 15.0 Å². The van der Waals surface area contributed by atoms with E-state index in [1.54, 1.807) is 11.3 Å². The van der Waals surface area contributed by atoms with Gasteiger partial charge in [-0.05, 0) is 63.7 Å². The molecule has 0 saturated heterocycles. The van der Waals surface area contributed by atoms with Crippen molar-refractivity contribution in [2.24, 2.45) is 0 Å². The highest BCUT2D eigenvalue weighted by Crippen LogP contribution is 2.61. The van der Waals surface area contributed by atoms with Gasteiger partial charge < -0.3 is 4.74 Å². The average molecular weight is 788 g/mol. The minimum atomic E-state index is -0.573. The Morgan fingerprint density at radius 1 is 0.367 bits per heavy atom. The van der Waals surface area contributed by atoms with Crippen molar-refractivity contribution >= 4 is 31.5 Å². The first-order chi connectivity index (χ1) is 29.5. The minimum Gasteiger partial charge on any atom is -0.457 e. The number of fused-ring (bicyclic) bond motifs is 11. The van der Waals surface area contributed by atoms with Crippen LogP contribution in [0.1, 0.15) is 47.2 Å². The molecule has 0 atom stereocenters. The number of hydrogen-bond donors (Lipinski definition) is 0. The van der Waals surface area contributed by atoms with Gasteiger partial charge in [-0.2, -0.15) is 0 Å². The quantitative estimate of drug-likeness (QED) is 0.178. The Kier molecular flexibility index (Phi) is 7.63. The van der Waals surface area contributed by atoms with Crippen LogP contribution in [0.5, 0.6) is 11.5 Å². The van der Waals surface area contributed by atoms with E-state index in [1.807, 2.05) is 18.2 Å². The van der Waals surface area contributed by atoms with E-state index in [0.717, 1.165) is 50.4 Å². The lowest BCUT2D eigenvalue weighted by Crippen LogP contribution is -2.43. The monoisotopic (exact) mass is 787 g/mol. The summed E-state index contributed by atoms with van der Waals surface area (Å²) in [5.41, 5.74) is 11.8. The van der Waals surface area contributed by atoms with Crippen LogP contribution in [0.15, 0.2) is 188 Å². The highest BCUT2D eigenvalue weighted by molar-refractivity contribution is 7.25. The topological polar surface area (TPSA) is 47.9 Å². The van der Waals surface area contributed by atoms with E-state index in [4.69, 9.17) is 19.7 Å². The summed E-state index contributed by atoms with van der Waals surface area (Å²) in [6.45, 7) is 4.70. The van der Waals surface area contributed by atoms with Crippen molar-refractivity contribution in [3.8, 4) is 56.8 Å². The smallest absolute Gasteiger partial charge is 0.164 e. The van der Waals surface area contributed by atoms with Crippen LogP contribution >= 0.6 is 11.3 Å². The summed E-state index contributed by atoms with van der Waals surface area (Å²) in [6, 6.07) is 67.1. The zero-order valence-corrected chi connectivity index (χ0v) is 33.9. The SMILES string of the molecule is CC1(C)c2ccccc2C2(c3ccccc3Oc3ccc(-c4ccc(-c5nc(-c6ccccc6)nc(-c6ccc7c(c6)sc6ccccc67)n5)cc4)cc32)c2ccccc21. The van der Waals surface area contributed by atoms with Gasteiger partial charge in [0.25, 0.3) is 0 Å². The normalized spacial score (nSPS) is 14.2. The molecule has 0 N–H and O–H groups in total. The first-order valence-corrected chi connectivity index (χ1v) is 21.2. The molecular formula is C55H37N3OS. The van der Waals surface area contributed by atoms with Crippen molar-refractivity contribution < 1.29 is 4.74 Å². The third-order valence-electron chi connectivity index (χ3n) is 12.7. The maximum atomic E-state index is 6.77. The summed E-state index contributed by atoms with van der Waals surface area (Å²) in [4.78, 5) is 15.2. The molecule has 12 rings (SSSR count). The van der Waals surface area contributed by atoms with Gasteiger partial charge in [0.05, 0.1) is 5.41 Å². The lowest BCUT2D eigenvalue weighted by molar-refractivity contribution is 0.425. The van der Waals surface area contributed by atoms with Crippen molar-refractivity contribution in [3.63, 3.8) is 0 Å². The molecule has 10 aromatic rings.